The molecule has 25 heavy (non-hydrogen) atoms. The minimum Gasteiger partial charge on any atom is -0.494 e. The first-order valence-corrected chi connectivity index (χ1v) is 8.40. The second-order valence-corrected chi connectivity index (χ2v) is 6.14. The first-order valence-electron chi connectivity index (χ1n) is 7.52. The van der Waals surface area contributed by atoms with Gasteiger partial charge in [-0.2, -0.15) is 0 Å². The molecule has 0 aliphatic carbocycles. The van der Waals surface area contributed by atoms with Crippen molar-refractivity contribution in [1.29, 1.82) is 0 Å². The maximum absolute atomic E-state index is 13.6. The molecule has 1 heterocycles. The summed E-state index contributed by atoms with van der Waals surface area (Å²) in [6, 6.07) is 8.09. The molecule has 0 bridgehead atoms. The van der Waals surface area contributed by atoms with Crippen molar-refractivity contribution in [2.24, 2.45) is 0 Å². The van der Waals surface area contributed by atoms with Crippen LogP contribution in [-0.4, -0.2) is 25.1 Å². The van der Waals surface area contributed by atoms with Crippen LogP contribution in [0.3, 0.4) is 0 Å². The van der Waals surface area contributed by atoms with Gasteiger partial charge in [0.05, 0.1) is 13.7 Å². The Labute approximate surface area is 149 Å². The highest BCUT2D eigenvalue weighted by Gasteiger charge is 2.16. The lowest BCUT2D eigenvalue weighted by molar-refractivity contribution is -0.150. The molecule has 1 aromatic heterocycles. The van der Waals surface area contributed by atoms with Crippen LogP contribution < -0.4 is 10.1 Å². The van der Waals surface area contributed by atoms with Gasteiger partial charge in [0.25, 0.3) is 5.91 Å². The van der Waals surface area contributed by atoms with Crippen LogP contribution in [0.25, 0.3) is 6.08 Å². The van der Waals surface area contributed by atoms with Crippen molar-refractivity contribution in [3.63, 3.8) is 0 Å². The van der Waals surface area contributed by atoms with Gasteiger partial charge in [-0.25, -0.2) is 9.18 Å². The molecular weight excluding hydrogens is 345 g/mol. The Morgan fingerprint density at radius 1 is 1.36 bits per heavy atom. The highest BCUT2D eigenvalue weighted by atomic mass is 32.1. The molecule has 0 saturated carbocycles. The van der Waals surface area contributed by atoms with E-state index in [9.17, 15) is 14.0 Å². The number of carbonyl (C=O) groups is 2. The van der Waals surface area contributed by atoms with Gasteiger partial charge in [-0.15, -0.1) is 11.3 Å². The minimum atomic E-state index is -0.926. The standard InChI is InChI=1S/C18H18FNO4S/c1-12(18(22)20-11-14-4-3-9-25-14)24-17(21)8-6-13-5-7-16(23-2)15(19)10-13/h3-10,12H,11H2,1-2H3,(H,20,22)/b8-6+/t12-/m0/s1. The third kappa shape index (κ3) is 5.72. The van der Waals surface area contributed by atoms with Gasteiger partial charge in [-0.1, -0.05) is 12.1 Å². The lowest BCUT2D eigenvalue weighted by Gasteiger charge is -2.11. The number of carbonyl (C=O) groups excluding carboxylic acids is 2. The number of esters is 1. The Bertz CT molecular complexity index is 758. The average Bonchev–Trinajstić information content (AvgIpc) is 3.11. The predicted molar refractivity (Wildman–Crippen MR) is 93.7 cm³/mol. The summed E-state index contributed by atoms with van der Waals surface area (Å²) in [7, 11) is 1.37. The zero-order valence-electron chi connectivity index (χ0n) is 13.8. The molecule has 132 valence electrons. The smallest absolute Gasteiger partial charge is 0.331 e. The maximum Gasteiger partial charge on any atom is 0.331 e. The Morgan fingerprint density at radius 2 is 2.16 bits per heavy atom. The molecule has 0 radical (unpaired) electrons. The van der Waals surface area contributed by atoms with E-state index in [0.29, 0.717) is 12.1 Å². The van der Waals surface area contributed by atoms with E-state index in [1.807, 2.05) is 17.5 Å². The second kappa shape index (κ2) is 8.98. The van der Waals surface area contributed by atoms with E-state index in [4.69, 9.17) is 9.47 Å². The summed E-state index contributed by atoms with van der Waals surface area (Å²) in [5.74, 6) is -1.48. The van der Waals surface area contributed by atoms with Gasteiger partial charge in [0.1, 0.15) is 0 Å². The van der Waals surface area contributed by atoms with Crippen molar-refractivity contribution < 1.29 is 23.5 Å². The number of rotatable bonds is 7. The summed E-state index contributed by atoms with van der Waals surface area (Å²) in [4.78, 5) is 24.7. The van der Waals surface area contributed by atoms with E-state index in [-0.39, 0.29) is 11.7 Å². The number of benzene rings is 1. The maximum atomic E-state index is 13.6. The molecule has 0 spiro atoms. The first-order chi connectivity index (χ1) is 12.0. The molecule has 1 aromatic carbocycles. The van der Waals surface area contributed by atoms with Crippen molar-refractivity contribution in [3.05, 3.63) is 58.0 Å². The summed E-state index contributed by atoms with van der Waals surface area (Å²) < 4.78 is 23.4. The van der Waals surface area contributed by atoms with Crippen LogP contribution in [0.1, 0.15) is 17.4 Å². The fourth-order valence-corrected chi connectivity index (χ4v) is 2.59. The van der Waals surface area contributed by atoms with Crippen molar-refractivity contribution >= 4 is 29.3 Å². The molecule has 1 amide bonds. The van der Waals surface area contributed by atoms with Crippen LogP contribution in [0, 0.1) is 5.82 Å². The average molecular weight is 363 g/mol. The number of thiophene rings is 1. The van der Waals surface area contributed by atoms with Crippen molar-refractivity contribution in [1.82, 2.24) is 5.32 Å². The summed E-state index contributed by atoms with van der Waals surface area (Å²) in [6.07, 6.45) is 1.62. The summed E-state index contributed by atoms with van der Waals surface area (Å²) in [6.45, 7) is 1.88. The monoisotopic (exact) mass is 363 g/mol. The molecule has 7 heteroatoms. The number of methoxy groups -OCH3 is 1. The van der Waals surface area contributed by atoms with E-state index in [1.54, 1.807) is 6.07 Å². The Hall–Kier alpha value is -2.67. The Balaban J connectivity index is 1.83. The summed E-state index contributed by atoms with van der Waals surface area (Å²) in [5.41, 5.74) is 0.477. The molecule has 0 unspecified atom stereocenters. The normalized spacial score (nSPS) is 12.0. The van der Waals surface area contributed by atoms with Gasteiger partial charge in [-0.05, 0) is 42.1 Å². The van der Waals surface area contributed by atoms with E-state index < -0.39 is 17.9 Å². The molecule has 1 N–H and O–H groups in total. The SMILES string of the molecule is COc1ccc(/C=C/C(=O)O[C@@H](C)C(=O)NCc2cccs2)cc1F. The lowest BCUT2D eigenvalue weighted by atomic mass is 10.2. The second-order valence-electron chi connectivity index (χ2n) is 5.10. The predicted octanol–water partition coefficient (Wildman–Crippen LogP) is 3.16. The number of ether oxygens (including phenoxy) is 2. The number of nitrogens with one attached hydrogen (secondary N) is 1. The number of hydrogen-bond acceptors (Lipinski definition) is 5. The van der Waals surface area contributed by atoms with Crippen molar-refractivity contribution in [2.75, 3.05) is 7.11 Å². The largest absolute Gasteiger partial charge is 0.494 e. The van der Waals surface area contributed by atoms with Crippen LogP contribution >= 0.6 is 11.3 Å². The number of halogens is 1. The van der Waals surface area contributed by atoms with Gasteiger partial charge < -0.3 is 14.8 Å². The molecule has 5 nitrogen and oxygen atoms in total. The Kier molecular flexibility index (Phi) is 6.71. The molecule has 1 atom stereocenters. The molecule has 0 aliphatic heterocycles. The summed E-state index contributed by atoms with van der Waals surface area (Å²) in [5, 5.41) is 4.61. The van der Waals surface area contributed by atoms with Crippen LogP contribution in [0.4, 0.5) is 4.39 Å². The minimum absolute atomic E-state index is 0.121. The highest BCUT2D eigenvalue weighted by Crippen LogP contribution is 2.18. The highest BCUT2D eigenvalue weighted by molar-refractivity contribution is 7.09. The van der Waals surface area contributed by atoms with Crippen LogP contribution in [0.5, 0.6) is 5.75 Å². The van der Waals surface area contributed by atoms with Crippen LogP contribution in [0.15, 0.2) is 41.8 Å². The van der Waals surface area contributed by atoms with Gasteiger partial charge >= 0.3 is 5.97 Å². The fourth-order valence-electron chi connectivity index (χ4n) is 1.95. The van der Waals surface area contributed by atoms with E-state index in [1.165, 1.54) is 43.6 Å². The van der Waals surface area contributed by atoms with Crippen LogP contribution in [0.2, 0.25) is 0 Å². The quantitative estimate of drug-likeness (QED) is 0.606. The molecular formula is C18H18FNO4S. The molecule has 2 aromatic rings. The van der Waals surface area contributed by atoms with E-state index in [0.717, 1.165) is 11.0 Å². The topological polar surface area (TPSA) is 64.6 Å². The third-order valence-electron chi connectivity index (χ3n) is 3.27. The number of amides is 1. The molecule has 2 rings (SSSR count). The van der Waals surface area contributed by atoms with Gasteiger partial charge in [0, 0.05) is 11.0 Å². The van der Waals surface area contributed by atoms with E-state index >= 15 is 0 Å². The van der Waals surface area contributed by atoms with Crippen molar-refractivity contribution in [2.45, 2.75) is 19.6 Å². The van der Waals surface area contributed by atoms with E-state index in [2.05, 4.69) is 5.32 Å². The van der Waals surface area contributed by atoms with Crippen LogP contribution in [-0.2, 0) is 20.9 Å². The number of hydrogen-bond donors (Lipinski definition) is 1. The lowest BCUT2D eigenvalue weighted by Crippen LogP contribution is -2.34. The van der Waals surface area contributed by atoms with Gasteiger partial charge in [0.15, 0.2) is 17.7 Å². The van der Waals surface area contributed by atoms with Crippen molar-refractivity contribution in [3.8, 4) is 5.75 Å². The Morgan fingerprint density at radius 3 is 2.80 bits per heavy atom. The first kappa shape index (κ1) is 18.7. The molecule has 0 saturated heterocycles. The third-order valence-corrected chi connectivity index (χ3v) is 4.14. The zero-order valence-corrected chi connectivity index (χ0v) is 14.6. The summed E-state index contributed by atoms with van der Waals surface area (Å²) >= 11 is 1.53. The fraction of sp³-hybridized carbons (Fsp3) is 0.222. The molecule has 0 aliphatic rings. The zero-order chi connectivity index (χ0) is 18.2. The van der Waals surface area contributed by atoms with Gasteiger partial charge in [-0.3, -0.25) is 4.79 Å². The van der Waals surface area contributed by atoms with Gasteiger partial charge in [0.2, 0.25) is 0 Å². The molecule has 0 fully saturated rings.